The number of nitriles is 1. The van der Waals surface area contributed by atoms with Gasteiger partial charge in [0.25, 0.3) is 0 Å². The minimum atomic E-state index is 0.0509. The van der Waals surface area contributed by atoms with Gasteiger partial charge < -0.3 is 11.5 Å². The second-order valence-electron chi connectivity index (χ2n) is 0.734. The van der Waals surface area contributed by atoms with Gasteiger partial charge in [-0.1, -0.05) is 0 Å². The van der Waals surface area contributed by atoms with Crippen molar-refractivity contribution in [3.05, 3.63) is 11.9 Å². The molecular formula is C3H5N3. The zero-order valence-electron chi connectivity index (χ0n) is 3.18. The van der Waals surface area contributed by atoms with Crippen LogP contribution in [0.15, 0.2) is 11.9 Å². The van der Waals surface area contributed by atoms with E-state index in [4.69, 9.17) is 16.7 Å². The van der Waals surface area contributed by atoms with Crippen LogP contribution in [-0.4, -0.2) is 0 Å². The van der Waals surface area contributed by atoms with Crippen LogP contribution in [0.25, 0.3) is 0 Å². The molecule has 32 valence electrons. The lowest BCUT2D eigenvalue weighted by Gasteiger charge is -1.73. The van der Waals surface area contributed by atoms with Crippen molar-refractivity contribution in [2.75, 3.05) is 0 Å². The predicted octanol–water partition coefficient (Wildman–Crippen LogP) is -0.731. The lowest BCUT2D eigenvalue weighted by atomic mass is 10.6. The average molecular weight is 83.1 g/mol. The van der Waals surface area contributed by atoms with Crippen molar-refractivity contribution in [2.24, 2.45) is 11.5 Å². The maximum absolute atomic E-state index is 7.81. The Morgan fingerprint density at radius 3 is 2.33 bits per heavy atom. The van der Waals surface area contributed by atoms with Crippen molar-refractivity contribution in [3.63, 3.8) is 0 Å². The van der Waals surface area contributed by atoms with Crippen LogP contribution in [0.1, 0.15) is 0 Å². The van der Waals surface area contributed by atoms with Gasteiger partial charge in [-0.25, -0.2) is 0 Å². The smallest absolute Gasteiger partial charge is 0.126 e. The van der Waals surface area contributed by atoms with Gasteiger partial charge in [0, 0.05) is 6.20 Å². The van der Waals surface area contributed by atoms with Gasteiger partial charge in [0.1, 0.15) is 11.8 Å². The third-order valence-electron chi connectivity index (χ3n) is 0.309. The Balaban J connectivity index is 3.61. The van der Waals surface area contributed by atoms with E-state index in [1.807, 2.05) is 0 Å². The van der Waals surface area contributed by atoms with E-state index in [9.17, 15) is 0 Å². The van der Waals surface area contributed by atoms with Crippen LogP contribution < -0.4 is 11.5 Å². The number of allylic oxidation sites excluding steroid dienone is 1. The van der Waals surface area contributed by atoms with Gasteiger partial charge in [-0.3, -0.25) is 0 Å². The van der Waals surface area contributed by atoms with Crippen molar-refractivity contribution in [3.8, 4) is 6.07 Å². The molecule has 0 amide bonds. The highest BCUT2D eigenvalue weighted by Crippen LogP contribution is 1.66. The number of nitrogens with zero attached hydrogens (tertiary/aromatic N) is 1. The normalized spacial score (nSPS) is 10.2. The zero-order chi connectivity index (χ0) is 4.99. The first-order chi connectivity index (χ1) is 2.81. The molecule has 0 saturated heterocycles. The molecule has 0 spiro atoms. The molecule has 0 aromatic heterocycles. The SMILES string of the molecule is N#C/C(N)=C/N. The molecule has 0 aromatic carbocycles. The molecular weight excluding hydrogens is 78.1 g/mol. The van der Waals surface area contributed by atoms with Crippen molar-refractivity contribution in [1.29, 1.82) is 5.26 Å². The molecule has 0 aliphatic rings. The highest BCUT2D eigenvalue weighted by molar-refractivity contribution is 5.13. The van der Waals surface area contributed by atoms with Crippen LogP contribution in [0, 0.1) is 11.3 Å². The third kappa shape index (κ3) is 1.18. The quantitative estimate of drug-likeness (QED) is 0.379. The number of hydrogen-bond donors (Lipinski definition) is 2. The van der Waals surface area contributed by atoms with Gasteiger partial charge in [-0.2, -0.15) is 5.26 Å². The monoisotopic (exact) mass is 83.0 g/mol. The van der Waals surface area contributed by atoms with Crippen molar-refractivity contribution >= 4 is 0 Å². The molecule has 0 aliphatic carbocycles. The Labute approximate surface area is 35.9 Å². The summed E-state index contributed by atoms with van der Waals surface area (Å²) in [6, 6.07) is 1.63. The van der Waals surface area contributed by atoms with E-state index in [2.05, 4.69) is 0 Å². The van der Waals surface area contributed by atoms with Gasteiger partial charge in [-0.05, 0) is 0 Å². The first-order valence-corrected chi connectivity index (χ1v) is 1.38. The highest BCUT2D eigenvalue weighted by atomic mass is 14.6. The Morgan fingerprint density at radius 2 is 2.33 bits per heavy atom. The first kappa shape index (κ1) is 4.83. The molecule has 0 aromatic rings. The lowest BCUT2D eigenvalue weighted by Crippen LogP contribution is -1.95. The van der Waals surface area contributed by atoms with Gasteiger partial charge in [-0.15, -0.1) is 0 Å². The van der Waals surface area contributed by atoms with Crippen molar-refractivity contribution < 1.29 is 0 Å². The van der Waals surface area contributed by atoms with Crippen LogP contribution >= 0.6 is 0 Å². The second kappa shape index (κ2) is 2.09. The summed E-state index contributed by atoms with van der Waals surface area (Å²) in [6.07, 6.45) is 1.06. The molecule has 3 heteroatoms. The van der Waals surface area contributed by atoms with Gasteiger partial charge in [0.15, 0.2) is 0 Å². The maximum atomic E-state index is 7.81. The summed E-state index contributed by atoms with van der Waals surface area (Å²) in [5.74, 6) is 0. The summed E-state index contributed by atoms with van der Waals surface area (Å²) in [5.41, 5.74) is 9.67. The third-order valence-corrected chi connectivity index (χ3v) is 0.309. The molecule has 0 atom stereocenters. The Hall–Kier alpha value is -1.17. The van der Waals surface area contributed by atoms with Crippen LogP contribution in [-0.2, 0) is 0 Å². The molecule has 6 heavy (non-hydrogen) atoms. The summed E-state index contributed by atoms with van der Waals surface area (Å²) in [5, 5.41) is 7.81. The molecule has 0 rings (SSSR count). The van der Waals surface area contributed by atoms with Crippen LogP contribution in [0.3, 0.4) is 0 Å². The summed E-state index contributed by atoms with van der Waals surface area (Å²) in [4.78, 5) is 0. The molecule has 0 fully saturated rings. The molecule has 0 aliphatic heterocycles. The molecule has 3 nitrogen and oxygen atoms in total. The van der Waals surface area contributed by atoms with Crippen molar-refractivity contribution in [1.82, 2.24) is 0 Å². The largest absolute Gasteiger partial charge is 0.402 e. The van der Waals surface area contributed by atoms with E-state index >= 15 is 0 Å². The summed E-state index contributed by atoms with van der Waals surface area (Å²) >= 11 is 0. The molecule has 0 bridgehead atoms. The maximum Gasteiger partial charge on any atom is 0.126 e. The second-order valence-corrected chi connectivity index (χ2v) is 0.734. The van der Waals surface area contributed by atoms with Gasteiger partial charge in [0.2, 0.25) is 0 Å². The van der Waals surface area contributed by atoms with Crippen LogP contribution in [0.4, 0.5) is 0 Å². The van der Waals surface area contributed by atoms with E-state index in [1.165, 1.54) is 0 Å². The topological polar surface area (TPSA) is 75.8 Å². The van der Waals surface area contributed by atoms with E-state index in [0.717, 1.165) is 6.20 Å². The minimum absolute atomic E-state index is 0.0509. The minimum Gasteiger partial charge on any atom is -0.402 e. The summed E-state index contributed by atoms with van der Waals surface area (Å²) in [6.45, 7) is 0. The molecule has 0 unspecified atom stereocenters. The van der Waals surface area contributed by atoms with Crippen LogP contribution in [0.2, 0.25) is 0 Å². The zero-order valence-corrected chi connectivity index (χ0v) is 3.18. The lowest BCUT2D eigenvalue weighted by molar-refractivity contribution is 1.35. The number of hydrogen-bond acceptors (Lipinski definition) is 3. The fourth-order valence-corrected chi connectivity index (χ4v) is 0.0373. The fraction of sp³-hybridized carbons (Fsp3) is 0. The average Bonchev–Trinajstić information content (AvgIpc) is 1.65. The highest BCUT2D eigenvalue weighted by Gasteiger charge is 1.72. The Morgan fingerprint density at radius 1 is 1.83 bits per heavy atom. The van der Waals surface area contributed by atoms with Gasteiger partial charge in [0.05, 0.1) is 0 Å². The van der Waals surface area contributed by atoms with E-state index in [1.54, 1.807) is 6.07 Å². The van der Waals surface area contributed by atoms with Crippen molar-refractivity contribution in [2.45, 2.75) is 0 Å². The Bertz CT molecular complexity index is 97.1. The van der Waals surface area contributed by atoms with E-state index in [0.29, 0.717) is 0 Å². The first-order valence-electron chi connectivity index (χ1n) is 1.38. The molecule has 0 saturated carbocycles. The standard InChI is InChI=1S/C3H5N3/c4-1-3(6)2-5/h1H,4,6H2/b3-1-. The molecule has 0 heterocycles. The fourth-order valence-electron chi connectivity index (χ4n) is 0.0373. The van der Waals surface area contributed by atoms with E-state index < -0.39 is 0 Å². The van der Waals surface area contributed by atoms with E-state index in [-0.39, 0.29) is 5.70 Å². The van der Waals surface area contributed by atoms with Crippen LogP contribution in [0.5, 0.6) is 0 Å². The summed E-state index contributed by atoms with van der Waals surface area (Å²) in [7, 11) is 0. The number of nitrogens with two attached hydrogens (primary N) is 2. The summed E-state index contributed by atoms with van der Waals surface area (Å²) < 4.78 is 0. The number of rotatable bonds is 0. The molecule has 0 radical (unpaired) electrons. The molecule has 4 N–H and O–H groups in total. The van der Waals surface area contributed by atoms with Gasteiger partial charge >= 0.3 is 0 Å². The predicted molar refractivity (Wildman–Crippen MR) is 22.1 cm³/mol. The Kier molecular flexibility index (Phi) is 1.68.